The zero-order valence-electron chi connectivity index (χ0n) is 14.5. The zero-order valence-corrected chi connectivity index (χ0v) is 15.3. The van der Waals surface area contributed by atoms with Crippen LogP contribution in [0, 0.1) is 30.1 Å². The van der Waals surface area contributed by atoms with Crippen molar-refractivity contribution in [2.24, 2.45) is 23.2 Å². The van der Waals surface area contributed by atoms with Gasteiger partial charge in [-0.3, -0.25) is 9.59 Å². The highest BCUT2D eigenvalue weighted by molar-refractivity contribution is 6.31. The van der Waals surface area contributed by atoms with Crippen LogP contribution in [-0.2, 0) is 14.3 Å². The molecule has 4 fully saturated rings. The van der Waals surface area contributed by atoms with E-state index in [2.05, 4.69) is 5.32 Å². The van der Waals surface area contributed by atoms with E-state index < -0.39 is 0 Å². The summed E-state index contributed by atoms with van der Waals surface area (Å²) in [5.41, 5.74) is 1.15. The molecule has 4 aliphatic rings. The number of carbonyl (C=O) groups is 2. The van der Waals surface area contributed by atoms with E-state index in [0.29, 0.717) is 28.5 Å². The minimum atomic E-state index is -0.318. The molecule has 25 heavy (non-hydrogen) atoms. The lowest BCUT2D eigenvalue weighted by atomic mass is 9.49. The molecule has 0 radical (unpaired) electrons. The van der Waals surface area contributed by atoms with Gasteiger partial charge in [0, 0.05) is 10.7 Å². The van der Waals surface area contributed by atoms with E-state index in [1.54, 1.807) is 18.2 Å². The van der Waals surface area contributed by atoms with Gasteiger partial charge in [0.15, 0.2) is 6.61 Å². The number of esters is 1. The molecule has 4 bridgehead atoms. The summed E-state index contributed by atoms with van der Waals surface area (Å²) in [5.74, 6) is 1.57. The van der Waals surface area contributed by atoms with E-state index in [1.165, 1.54) is 19.3 Å². The Morgan fingerprint density at radius 1 is 1.16 bits per heavy atom. The van der Waals surface area contributed by atoms with E-state index in [-0.39, 0.29) is 23.9 Å². The van der Waals surface area contributed by atoms with Gasteiger partial charge in [0.1, 0.15) is 0 Å². The summed E-state index contributed by atoms with van der Waals surface area (Å²) in [4.78, 5) is 24.9. The van der Waals surface area contributed by atoms with Crippen LogP contribution in [0.4, 0.5) is 5.69 Å². The van der Waals surface area contributed by atoms with Crippen LogP contribution in [-0.4, -0.2) is 18.5 Å². The Labute approximate surface area is 153 Å². The van der Waals surface area contributed by atoms with Crippen LogP contribution in [0.25, 0.3) is 0 Å². The van der Waals surface area contributed by atoms with E-state index in [9.17, 15) is 9.59 Å². The Bertz CT molecular complexity index is 680. The largest absolute Gasteiger partial charge is 0.455 e. The molecule has 0 aliphatic heterocycles. The number of benzene rings is 1. The van der Waals surface area contributed by atoms with Gasteiger partial charge in [0.05, 0.1) is 5.41 Å². The number of hydrogen-bond donors (Lipinski definition) is 1. The van der Waals surface area contributed by atoms with Crippen LogP contribution in [0.15, 0.2) is 18.2 Å². The van der Waals surface area contributed by atoms with Gasteiger partial charge < -0.3 is 10.1 Å². The summed E-state index contributed by atoms with van der Waals surface area (Å²) in [5, 5.41) is 3.38. The van der Waals surface area contributed by atoms with Gasteiger partial charge in [-0.05, 0) is 80.9 Å². The topological polar surface area (TPSA) is 55.4 Å². The first-order valence-electron chi connectivity index (χ1n) is 9.17. The normalized spacial score (nSPS) is 32.5. The molecule has 0 heterocycles. The number of amides is 1. The van der Waals surface area contributed by atoms with Gasteiger partial charge in [-0.25, -0.2) is 0 Å². The van der Waals surface area contributed by atoms with Gasteiger partial charge in [0.25, 0.3) is 5.91 Å². The first kappa shape index (κ1) is 16.9. The second-order valence-electron chi connectivity index (χ2n) is 8.23. The quantitative estimate of drug-likeness (QED) is 0.811. The lowest BCUT2D eigenvalue weighted by molar-refractivity contribution is -0.172. The van der Waals surface area contributed by atoms with Crippen molar-refractivity contribution in [1.29, 1.82) is 0 Å². The number of nitrogens with one attached hydrogen (secondary N) is 1. The summed E-state index contributed by atoms with van der Waals surface area (Å²) in [7, 11) is 0. The van der Waals surface area contributed by atoms with Gasteiger partial charge in [0.2, 0.25) is 0 Å². The summed E-state index contributed by atoms with van der Waals surface area (Å²) in [6.45, 7) is 1.62. The first-order chi connectivity index (χ1) is 11.9. The van der Waals surface area contributed by atoms with Crippen molar-refractivity contribution in [3.63, 3.8) is 0 Å². The predicted molar refractivity (Wildman–Crippen MR) is 96.4 cm³/mol. The predicted octanol–water partition coefficient (Wildman–Crippen LogP) is 4.35. The lowest BCUT2D eigenvalue weighted by Crippen LogP contribution is -2.50. The minimum Gasteiger partial charge on any atom is -0.455 e. The first-order valence-corrected chi connectivity index (χ1v) is 9.55. The van der Waals surface area contributed by atoms with Crippen LogP contribution in [0.2, 0.25) is 5.02 Å². The molecule has 4 aliphatic carbocycles. The second kappa shape index (κ2) is 6.31. The fourth-order valence-electron chi connectivity index (χ4n) is 5.57. The van der Waals surface area contributed by atoms with Crippen molar-refractivity contribution < 1.29 is 14.3 Å². The summed E-state index contributed by atoms with van der Waals surface area (Å²) in [6, 6.07) is 5.35. The van der Waals surface area contributed by atoms with E-state index in [1.807, 2.05) is 6.92 Å². The molecule has 5 rings (SSSR count). The Balaban J connectivity index is 1.36. The standard InChI is InChI=1S/C20H24ClNO3/c1-12-16(21)3-2-4-17(12)22-18(23)11-25-19(24)20-8-13-5-14(9-20)7-15(6-13)10-20/h2-4,13-15H,5-11H2,1H3,(H,22,23). The summed E-state index contributed by atoms with van der Waals surface area (Å²) in [6.07, 6.45) is 6.69. The van der Waals surface area contributed by atoms with Gasteiger partial charge in [-0.1, -0.05) is 17.7 Å². The number of ether oxygens (including phenoxy) is 1. The number of halogens is 1. The molecule has 0 unspecified atom stereocenters. The molecule has 4 nitrogen and oxygen atoms in total. The average molecular weight is 362 g/mol. The zero-order chi connectivity index (χ0) is 17.6. The average Bonchev–Trinajstić information content (AvgIpc) is 2.55. The third-order valence-corrected chi connectivity index (χ3v) is 6.76. The molecular weight excluding hydrogens is 338 g/mol. The van der Waals surface area contributed by atoms with Crippen LogP contribution in [0.5, 0.6) is 0 Å². The third kappa shape index (κ3) is 3.17. The molecule has 1 N–H and O–H groups in total. The number of carbonyl (C=O) groups excluding carboxylic acids is 2. The highest BCUT2D eigenvalue weighted by Gasteiger charge is 2.55. The fraction of sp³-hybridized carbons (Fsp3) is 0.600. The van der Waals surface area contributed by atoms with Crippen molar-refractivity contribution in [3.8, 4) is 0 Å². The molecule has 0 spiro atoms. The van der Waals surface area contributed by atoms with Crippen molar-refractivity contribution >= 4 is 29.2 Å². The van der Waals surface area contributed by atoms with Gasteiger partial charge in [-0.2, -0.15) is 0 Å². The van der Waals surface area contributed by atoms with Crippen molar-refractivity contribution in [2.45, 2.75) is 45.4 Å². The second-order valence-corrected chi connectivity index (χ2v) is 8.64. The minimum absolute atomic E-state index is 0.162. The van der Waals surface area contributed by atoms with Crippen molar-refractivity contribution in [1.82, 2.24) is 0 Å². The molecule has 134 valence electrons. The highest BCUT2D eigenvalue weighted by Crippen LogP contribution is 2.60. The van der Waals surface area contributed by atoms with Crippen LogP contribution < -0.4 is 5.32 Å². The van der Waals surface area contributed by atoms with Crippen molar-refractivity contribution in [3.05, 3.63) is 28.8 Å². The van der Waals surface area contributed by atoms with Crippen LogP contribution >= 0.6 is 11.6 Å². The Kier molecular flexibility index (Phi) is 4.27. The number of rotatable bonds is 4. The number of anilines is 1. The van der Waals surface area contributed by atoms with E-state index >= 15 is 0 Å². The van der Waals surface area contributed by atoms with Crippen LogP contribution in [0.3, 0.4) is 0 Å². The van der Waals surface area contributed by atoms with Crippen LogP contribution in [0.1, 0.15) is 44.1 Å². The smallest absolute Gasteiger partial charge is 0.312 e. The summed E-state index contributed by atoms with van der Waals surface area (Å²) < 4.78 is 5.45. The SMILES string of the molecule is Cc1c(Cl)cccc1NC(=O)COC(=O)C12CC3CC(CC(C3)C1)C2. The third-order valence-electron chi connectivity index (χ3n) is 6.35. The Morgan fingerprint density at radius 3 is 2.36 bits per heavy atom. The highest BCUT2D eigenvalue weighted by atomic mass is 35.5. The van der Waals surface area contributed by atoms with Gasteiger partial charge in [-0.15, -0.1) is 0 Å². The molecule has 1 amide bonds. The fourth-order valence-corrected chi connectivity index (χ4v) is 5.75. The maximum absolute atomic E-state index is 12.8. The molecule has 1 aromatic carbocycles. The molecular formula is C20H24ClNO3. The molecule has 0 atom stereocenters. The monoisotopic (exact) mass is 361 g/mol. The number of hydrogen-bond acceptors (Lipinski definition) is 3. The van der Waals surface area contributed by atoms with Gasteiger partial charge >= 0.3 is 5.97 Å². The molecule has 4 saturated carbocycles. The Morgan fingerprint density at radius 2 is 1.76 bits per heavy atom. The van der Waals surface area contributed by atoms with E-state index in [0.717, 1.165) is 24.8 Å². The lowest BCUT2D eigenvalue weighted by Gasteiger charge is -2.55. The van der Waals surface area contributed by atoms with Crippen molar-refractivity contribution in [2.75, 3.05) is 11.9 Å². The maximum atomic E-state index is 12.8. The molecule has 0 saturated heterocycles. The Hall–Kier alpha value is -1.55. The van der Waals surface area contributed by atoms with E-state index in [4.69, 9.17) is 16.3 Å². The maximum Gasteiger partial charge on any atom is 0.312 e. The summed E-state index contributed by atoms with van der Waals surface area (Å²) >= 11 is 6.06. The molecule has 0 aromatic heterocycles. The molecule has 1 aromatic rings. The molecule has 5 heteroatoms.